The number of hydrogen-bond acceptors (Lipinski definition) is 6. The molecule has 3 rings (SSSR count). The van der Waals surface area contributed by atoms with E-state index < -0.39 is 41.6 Å². The Kier molecular flexibility index (Phi) is 5.12. The molecule has 27 heavy (non-hydrogen) atoms. The minimum absolute atomic E-state index is 0.182. The summed E-state index contributed by atoms with van der Waals surface area (Å²) >= 11 is 0. The van der Waals surface area contributed by atoms with Gasteiger partial charge in [0, 0.05) is 23.8 Å². The molecule has 2 bridgehead atoms. The van der Waals surface area contributed by atoms with Gasteiger partial charge in [0.15, 0.2) is 0 Å². The molecule has 0 aromatic rings. The van der Waals surface area contributed by atoms with Gasteiger partial charge in [-0.05, 0) is 32.6 Å². The van der Waals surface area contributed by atoms with Gasteiger partial charge in [0.2, 0.25) is 0 Å². The number of fused-ring (bicyclic) bond motifs is 2. The van der Waals surface area contributed by atoms with E-state index in [1.807, 2.05) is 0 Å². The molecule has 3 fully saturated rings. The van der Waals surface area contributed by atoms with Crippen LogP contribution >= 0.6 is 0 Å². The molecule has 1 aliphatic heterocycles. The minimum atomic E-state index is -0.640. The lowest BCUT2D eigenvalue weighted by Crippen LogP contribution is -2.48. The van der Waals surface area contributed by atoms with Crippen LogP contribution in [0.15, 0.2) is 12.2 Å². The van der Waals surface area contributed by atoms with E-state index in [2.05, 4.69) is 27.4 Å². The van der Waals surface area contributed by atoms with Gasteiger partial charge in [-0.2, -0.15) is 0 Å². The molecule has 1 heterocycles. The molecule has 0 aromatic heterocycles. The fourth-order valence-electron chi connectivity index (χ4n) is 4.60. The van der Waals surface area contributed by atoms with E-state index in [-0.39, 0.29) is 23.4 Å². The molecule has 6 nitrogen and oxygen atoms in total. The van der Waals surface area contributed by atoms with Crippen molar-refractivity contribution in [2.75, 3.05) is 0 Å². The summed E-state index contributed by atoms with van der Waals surface area (Å²) in [4.78, 5) is 37.3. The first-order valence-electron chi connectivity index (χ1n) is 9.84. The monoisotopic (exact) mass is 378 g/mol. The van der Waals surface area contributed by atoms with Crippen molar-refractivity contribution >= 4 is 17.9 Å². The highest BCUT2D eigenvalue weighted by Crippen LogP contribution is 2.48. The van der Waals surface area contributed by atoms with Crippen LogP contribution in [0, 0.1) is 17.3 Å². The van der Waals surface area contributed by atoms with Crippen molar-refractivity contribution in [3.8, 4) is 0 Å². The Morgan fingerprint density at radius 2 is 1.81 bits per heavy atom. The van der Waals surface area contributed by atoms with Gasteiger partial charge in [-0.15, -0.1) is 0 Å². The second-order valence-corrected chi connectivity index (χ2v) is 9.26. The van der Waals surface area contributed by atoms with Crippen molar-refractivity contribution in [1.29, 1.82) is 0 Å². The number of ether oxygens (including phenoxy) is 3. The van der Waals surface area contributed by atoms with Gasteiger partial charge in [0.1, 0.15) is 17.8 Å². The fourth-order valence-corrected chi connectivity index (χ4v) is 4.60. The molecule has 0 spiro atoms. The van der Waals surface area contributed by atoms with Crippen LogP contribution in [0.25, 0.3) is 0 Å². The van der Waals surface area contributed by atoms with Gasteiger partial charge in [0.05, 0.1) is 11.8 Å². The van der Waals surface area contributed by atoms with Gasteiger partial charge in [0.25, 0.3) is 0 Å². The minimum Gasteiger partial charge on any atom is -0.458 e. The standard InChI is InChI=1S/C21H30O6/c1-12(2)17(22)25-15-11-14(13-10-16(15)26-18(13)23)19(24)27-21(20(3,4)5)8-6-7-9-21/h13-16H,1,6-11H2,2-5H3. The average Bonchev–Trinajstić information content (AvgIpc) is 3.16. The summed E-state index contributed by atoms with van der Waals surface area (Å²) in [6, 6.07) is 0. The van der Waals surface area contributed by atoms with Crippen LogP contribution in [0.2, 0.25) is 0 Å². The Balaban J connectivity index is 1.77. The van der Waals surface area contributed by atoms with Crippen molar-refractivity contribution in [3.05, 3.63) is 12.2 Å². The van der Waals surface area contributed by atoms with Gasteiger partial charge < -0.3 is 14.2 Å². The van der Waals surface area contributed by atoms with Gasteiger partial charge in [-0.3, -0.25) is 9.59 Å². The summed E-state index contributed by atoms with van der Waals surface area (Å²) < 4.78 is 16.9. The first kappa shape index (κ1) is 19.9. The zero-order chi connectivity index (χ0) is 20.0. The fraction of sp³-hybridized carbons (Fsp3) is 0.762. The van der Waals surface area contributed by atoms with Crippen LogP contribution in [0.1, 0.15) is 66.2 Å². The maximum absolute atomic E-state index is 13.1. The van der Waals surface area contributed by atoms with Crippen molar-refractivity contribution in [2.24, 2.45) is 17.3 Å². The molecule has 150 valence electrons. The Bertz CT molecular complexity index is 652. The molecule has 0 N–H and O–H groups in total. The third-order valence-corrected chi connectivity index (χ3v) is 6.43. The summed E-state index contributed by atoms with van der Waals surface area (Å²) in [5.41, 5.74) is -0.413. The zero-order valence-electron chi connectivity index (χ0n) is 16.7. The largest absolute Gasteiger partial charge is 0.458 e. The lowest BCUT2D eigenvalue weighted by Gasteiger charge is -2.42. The molecule has 3 aliphatic rings. The molecule has 0 radical (unpaired) electrons. The smallest absolute Gasteiger partial charge is 0.333 e. The summed E-state index contributed by atoms with van der Waals surface area (Å²) in [7, 11) is 0. The van der Waals surface area contributed by atoms with E-state index in [9.17, 15) is 14.4 Å². The molecule has 0 aromatic carbocycles. The van der Waals surface area contributed by atoms with Crippen molar-refractivity contribution in [3.63, 3.8) is 0 Å². The summed E-state index contributed by atoms with van der Waals surface area (Å²) in [6.07, 6.45) is 3.24. The normalized spacial score (nSPS) is 31.9. The quantitative estimate of drug-likeness (QED) is 0.424. The molecule has 1 saturated heterocycles. The van der Waals surface area contributed by atoms with Gasteiger partial charge in [-0.1, -0.05) is 27.4 Å². The van der Waals surface area contributed by atoms with E-state index in [0.29, 0.717) is 6.42 Å². The maximum atomic E-state index is 13.1. The highest BCUT2D eigenvalue weighted by molar-refractivity contribution is 5.88. The highest BCUT2D eigenvalue weighted by atomic mass is 16.6. The second kappa shape index (κ2) is 6.95. The molecule has 2 aliphatic carbocycles. The Morgan fingerprint density at radius 3 is 2.37 bits per heavy atom. The Morgan fingerprint density at radius 1 is 1.19 bits per heavy atom. The topological polar surface area (TPSA) is 78.9 Å². The van der Waals surface area contributed by atoms with Crippen molar-refractivity contribution < 1.29 is 28.6 Å². The molecular formula is C21H30O6. The van der Waals surface area contributed by atoms with Crippen LogP contribution in [-0.2, 0) is 28.6 Å². The number of hydrogen-bond donors (Lipinski definition) is 0. The number of carbonyl (C=O) groups is 3. The summed E-state index contributed by atoms with van der Waals surface area (Å²) in [5, 5.41) is 0. The van der Waals surface area contributed by atoms with Crippen LogP contribution in [-0.4, -0.2) is 35.7 Å². The third kappa shape index (κ3) is 3.63. The Labute approximate surface area is 160 Å². The predicted molar refractivity (Wildman–Crippen MR) is 97.5 cm³/mol. The van der Waals surface area contributed by atoms with Crippen molar-refractivity contribution in [1.82, 2.24) is 0 Å². The summed E-state index contributed by atoms with van der Waals surface area (Å²) in [5.74, 6) is -2.45. The number of esters is 3. The van der Waals surface area contributed by atoms with Crippen molar-refractivity contribution in [2.45, 2.75) is 84.0 Å². The van der Waals surface area contributed by atoms with Crippen LogP contribution in [0.4, 0.5) is 0 Å². The van der Waals surface area contributed by atoms with Crippen LogP contribution in [0.5, 0.6) is 0 Å². The molecule has 6 heteroatoms. The molecule has 4 unspecified atom stereocenters. The molecule has 0 amide bonds. The highest BCUT2D eigenvalue weighted by Gasteiger charge is 2.55. The van der Waals surface area contributed by atoms with Gasteiger partial charge >= 0.3 is 17.9 Å². The average molecular weight is 378 g/mol. The van der Waals surface area contributed by atoms with E-state index in [0.717, 1.165) is 25.7 Å². The number of carbonyl (C=O) groups excluding carboxylic acids is 3. The lowest BCUT2D eigenvalue weighted by molar-refractivity contribution is -0.183. The zero-order valence-corrected chi connectivity index (χ0v) is 16.7. The van der Waals surface area contributed by atoms with E-state index in [1.54, 1.807) is 6.92 Å². The van der Waals surface area contributed by atoms with Crippen LogP contribution < -0.4 is 0 Å². The van der Waals surface area contributed by atoms with E-state index in [1.165, 1.54) is 0 Å². The SMILES string of the molecule is C=C(C)C(=O)OC1CC(C(=O)OC2(C(C)(C)C)CCCC2)C2CC1OC2=O. The van der Waals surface area contributed by atoms with Crippen LogP contribution in [0.3, 0.4) is 0 Å². The molecular weight excluding hydrogens is 348 g/mol. The second-order valence-electron chi connectivity index (χ2n) is 9.26. The van der Waals surface area contributed by atoms with E-state index in [4.69, 9.17) is 14.2 Å². The first-order chi connectivity index (χ1) is 12.5. The maximum Gasteiger partial charge on any atom is 0.333 e. The van der Waals surface area contributed by atoms with E-state index >= 15 is 0 Å². The Hall–Kier alpha value is -1.85. The number of rotatable bonds is 4. The molecule has 2 saturated carbocycles. The van der Waals surface area contributed by atoms with Gasteiger partial charge in [-0.25, -0.2) is 4.79 Å². The lowest BCUT2D eigenvalue weighted by atomic mass is 9.74. The first-order valence-corrected chi connectivity index (χ1v) is 9.84. The predicted octanol–water partition coefficient (Wildman–Crippen LogP) is 3.33. The molecule has 4 atom stereocenters. The third-order valence-electron chi connectivity index (χ3n) is 6.43. The summed E-state index contributed by atoms with van der Waals surface area (Å²) in [6.45, 7) is 11.4.